The van der Waals surface area contributed by atoms with E-state index in [0.29, 0.717) is 0 Å². The fraction of sp³-hybridized carbons (Fsp3) is 0.150. The van der Waals surface area contributed by atoms with Crippen LogP contribution in [0.2, 0.25) is 0 Å². The maximum Gasteiger partial charge on any atom is 0.338 e. The number of hydrogen-bond donors (Lipinski definition) is 0. The maximum absolute atomic E-state index is 13.6. The van der Waals surface area contributed by atoms with Crippen LogP contribution in [0.3, 0.4) is 0 Å². The van der Waals surface area contributed by atoms with Crippen LogP contribution in [0.1, 0.15) is 31.4 Å². The van der Waals surface area contributed by atoms with Crippen LogP contribution in [-0.4, -0.2) is 23.3 Å². The van der Waals surface area contributed by atoms with Gasteiger partial charge >= 0.3 is 5.97 Å². The second-order valence-electron chi connectivity index (χ2n) is 5.79. The van der Waals surface area contributed by atoms with Gasteiger partial charge in [-0.2, -0.15) is 0 Å². The van der Waals surface area contributed by atoms with Crippen LogP contribution >= 0.6 is 23.1 Å². The number of thioether (sulfide) groups is 1. The summed E-state index contributed by atoms with van der Waals surface area (Å²) >= 11 is 3.18. The first-order chi connectivity index (χ1) is 13.4. The first-order valence-corrected chi connectivity index (χ1v) is 10.1. The third-order valence-electron chi connectivity index (χ3n) is 3.71. The SMILES string of the molecule is Cc1nc(CSc2ccc(C(=O)OCC(=O)c3cc(F)ccc3F)cc2)cs1. The largest absolute Gasteiger partial charge is 0.454 e. The average Bonchev–Trinajstić information content (AvgIpc) is 3.11. The number of aromatic nitrogens is 1. The Morgan fingerprint density at radius 3 is 2.57 bits per heavy atom. The summed E-state index contributed by atoms with van der Waals surface area (Å²) in [7, 11) is 0. The summed E-state index contributed by atoms with van der Waals surface area (Å²) in [5.74, 6) is -2.40. The van der Waals surface area contributed by atoms with Crippen molar-refractivity contribution in [1.29, 1.82) is 0 Å². The number of aryl methyl sites for hydroxylation is 1. The molecule has 0 amide bonds. The van der Waals surface area contributed by atoms with Gasteiger partial charge in [-0.25, -0.2) is 18.6 Å². The number of Topliss-reactive ketones (excluding diaryl/α,β-unsaturated/α-hetero) is 1. The summed E-state index contributed by atoms with van der Waals surface area (Å²) in [6.45, 7) is 1.28. The van der Waals surface area contributed by atoms with Crippen molar-refractivity contribution in [3.8, 4) is 0 Å². The second-order valence-corrected chi connectivity index (χ2v) is 7.91. The minimum Gasteiger partial charge on any atom is -0.454 e. The number of carbonyl (C=O) groups is 2. The van der Waals surface area contributed by atoms with Gasteiger partial charge in [0.05, 0.1) is 21.8 Å². The molecule has 2 aromatic carbocycles. The molecule has 4 nitrogen and oxygen atoms in total. The lowest BCUT2D eigenvalue weighted by molar-refractivity contribution is 0.0473. The quantitative estimate of drug-likeness (QED) is 0.304. The van der Waals surface area contributed by atoms with E-state index in [0.717, 1.165) is 39.5 Å². The van der Waals surface area contributed by atoms with Crippen molar-refractivity contribution in [2.24, 2.45) is 0 Å². The molecule has 0 unspecified atom stereocenters. The van der Waals surface area contributed by atoms with Gasteiger partial charge in [0, 0.05) is 16.0 Å². The molecular weight excluding hydrogens is 404 g/mol. The summed E-state index contributed by atoms with van der Waals surface area (Å²) in [6.07, 6.45) is 0. The fourth-order valence-electron chi connectivity index (χ4n) is 2.32. The topological polar surface area (TPSA) is 56.3 Å². The van der Waals surface area contributed by atoms with Gasteiger partial charge in [-0.05, 0) is 49.4 Å². The smallest absolute Gasteiger partial charge is 0.338 e. The molecule has 0 spiro atoms. The zero-order valence-corrected chi connectivity index (χ0v) is 16.4. The van der Waals surface area contributed by atoms with Gasteiger partial charge in [-0.15, -0.1) is 23.1 Å². The van der Waals surface area contributed by atoms with Crippen molar-refractivity contribution in [2.75, 3.05) is 6.61 Å². The normalized spacial score (nSPS) is 10.7. The summed E-state index contributed by atoms with van der Waals surface area (Å²) < 4.78 is 31.6. The molecule has 1 heterocycles. The van der Waals surface area contributed by atoms with E-state index in [1.807, 2.05) is 12.3 Å². The van der Waals surface area contributed by atoms with Crippen molar-refractivity contribution < 1.29 is 23.1 Å². The highest BCUT2D eigenvalue weighted by Gasteiger charge is 2.16. The monoisotopic (exact) mass is 419 g/mol. The molecule has 0 N–H and O–H groups in total. The van der Waals surface area contributed by atoms with Crippen LogP contribution in [0.4, 0.5) is 8.78 Å². The lowest BCUT2D eigenvalue weighted by Gasteiger charge is -2.06. The van der Waals surface area contributed by atoms with Crippen LogP contribution in [0, 0.1) is 18.6 Å². The minimum absolute atomic E-state index is 0.265. The minimum atomic E-state index is -0.862. The number of ketones is 1. The zero-order chi connectivity index (χ0) is 20.1. The Bertz CT molecular complexity index is 1000. The van der Waals surface area contributed by atoms with Crippen LogP contribution in [0.25, 0.3) is 0 Å². The van der Waals surface area contributed by atoms with Gasteiger partial charge in [0.15, 0.2) is 6.61 Å². The summed E-state index contributed by atoms with van der Waals surface area (Å²) in [5.41, 5.74) is 0.817. The van der Waals surface area contributed by atoms with Gasteiger partial charge < -0.3 is 4.74 Å². The zero-order valence-electron chi connectivity index (χ0n) is 14.8. The van der Waals surface area contributed by atoms with Crippen molar-refractivity contribution in [1.82, 2.24) is 4.98 Å². The van der Waals surface area contributed by atoms with E-state index >= 15 is 0 Å². The lowest BCUT2D eigenvalue weighted by atomic mass is 10.1. The molecular formula is C20H15F2NO3S2. The molecule has 0 saturated carbocycles. The highest BCUT2D eigenvalue weighted by atomic mass is 32.2. The summed E-state index contributed by atoms with van der Waals surface area (Å²) in [6, 6.07) is 9.26. The van der Waals surface area contributed by atoms with Crippen LogP contribution in [0.5, 0.6) is 0 Å². The number of halogens is 2. The fourth-order valence-corrected chi connectivity index (χ4v) is 3.83. The first kappa shape index (κ1) is 20.2. The van der Waals surface area contributed by atoms with E-state index in [1.165, 1.54) is 0 Å². The molecule has 0 fully saturated rings. The molecule has 0 aliphatic rings. The number of thiazole rings is 1. The number of ether oxygens (including phenoxy) is 1. The second kappa shape index (κ2) is 9.07. The molecule has 0 radical (unpaired) electrons. The van der Waals surface area contributed by atoms with Crippen LogP contribution in [0.15, 0.2) is 52.7 Å². The third kappa shape index (κ3) is 5.24. The Hall–Kier alpha value is -2.58. The number of rotatable bonds is 7. The van der Waals surface area contributed by atoms with E-state index in [-0.39, 0.29) is 5.56 Å². The predicted octanol–water partition coefficient (Wildman–Crippen LogP) is 5.06. The molecule has 144 valence electrons. The highest BCUT2D eigenvalue weighted by Crippen LogP contribution is 2.24. The molecule has 0 bridgehead atoms. The molecule has 1 aromatic heterocycles. The predicted molar refractivity (Wildman–Crippen MR) is 104 cm³/mol. The molecule has 8 heteroatoms. The Morgan fingerprint density at radius 1 is 1.14 bits per heavy atom. The lowest BCUT2D eigenvalue weighted by Crippen LogP contribution is -2.15. The summed E-state index contributed by atoms with van der Waals surface area (Å²) in [5, 5.41) is 3.02. The molecule has 3 aromatic rings. The average molecular weight is 419 g/mol. The number of esters is 1. The Morgan fingerprint density at radius 2 is 1.89 bits per heavy atom. The molecule has 0 atom stereocenters. The van der Waals surface area contributed by atoms with Crippen molar-refractivity contribution in [3.05, 3.63) is 81.3 Å². The standard InChI is InChI=1S/C20H15F2NO3S2/c1-12-23-15(10-27-12)11-28-16-5-2-13(3-6-16)20(25)26-9-19(24)17-8-14(21)4-7-18(17)22/h2-8,10H,9,11H2,1H3. The van der Waals surface area contributed by atoms with Crippen LogP contribution < -0.4 is 0 Å². The molecule has 28 heavy (non-hydrogen) atoms. The van der Waals surface area contributed by atoms with Gasteiger partial charge in [-0.1, -0.05) is 0 Å². The van der Waals surface area contributed by atoms with E-state index in [1.54, 1.807) is 47.4 Å². The van der Waals surface area contributed by atoms with E-state index in [9.17, 15) is 18.4 Å². The van der Waals surface area contributed by atoms with Crippen LogP contribution in [-0.2, 0) is 10.5 Å². The first-order valence-electron chi connectivity index (χ1n) is 8.21. The van der Waals surface area contributed by atoms with Gasteiger partial charge in [-0.3, -0.25) is 4.79 Å². The van der Waals surface area contributed by atoms with Crippen molar-refractivity contribution in [3.63, 3.8) is 0 Å². The van der Waals surface area contributed by atoms with Gasteiger partial charge in [0.2, 0.25) is 5.78 Å². The molecule has 0 aliphatic heterocycles. The van der Waals surface area contributed by atoms with Crippen molar-refractivity contribution >= 4 is 34.9 Å². The Kier molecular flexibility index (Phi) is 6.53. The van der Waals surface area contributed by atoms with E-state index in [2.05, 4.69) is 4.98 Å². The van der Waals surface area contributed by atoms with E-state index < -0.39 is 35.6 Å². The molecule has 0 saturated heterocycles. The number of carbonyl (C=O) groups excluding carboxylic acids is 2. The highest BCUT2D eigenvalue weighted by molar-refractivity contribution is 7.98. The number of benzene rings is 2. The van der Waals surface area contributed by atoms with Gasteiger partial charge in [0.1, 0.15) is 11.6 Å². The van der Waals surface area contributed by atoms with E-state index in [4.69, 9.17) is 4.74 Å². The Labute approximate surface area is 168 Å². The number of nitrogens with zero attached hydrogens (tertiary/aromatic N) is 1. The third-order valence-corrected chi connectivity index (χ3v) is 5.57. The Balaban J connectivity index is 1.54. The molecule has 3 rings (SSSR count). The molecule has 0 aliphatic carbocycles. The number of hydrogen-bond acceptors (Lipinski definition) is 6. The summed E-state index contributed by atoms with van der Waals surface area (Å²) in [4.78, 5) is 29.4. The van der Waals surface area contributed by atoms with Crippen molar-refractivity contribution in [2.45, 2.75) is 17.6 Å². The van der Waals surface area contributed by atoms with Gasteiger partial charge in [0.25, 0.3) is 0 Å². The maximum atomic E-state index is 13.6.